The molecule has 0 aliphatic heterocycles. The summed E-state index contributed by atoms with van der Waals surface area (Å²) in [6.07, 6.45) is 0. The largest absolute Gasteiger partial charge is 0.374 e. The number of anilines is 1. The molecule has 0 atom stereocenters. The second-order valence-corrected chi connectivity index (χ2v) is 5.34. The van der Waals surface area contributed by atoms with Crippen molar-refractivity contribution in [3.8, 4) is 10.7 Å². The first-order valence-electron chi connectivity index (χ1n) is 4.28. The first kappa shape index (κ1) is 8.81. The molecule has 0 unspecified atom stereocenters. The predicted molar refractivity (Wildman–Crippen MR) is 61.1 cm³/mol. The third-order valence-corrected chi connectivity index (χ3v) is 3.69. The van der Waals surface area contributed by atoms with E-state index in [4.69, 9.17) is 5.73 Å². The molecule has 3 heterocycles. The summed E-state index contributed by atoms with van der Waals surface area (Å²) in [5.74, 6) is 0.760. The zero-order valence-electron chi connectivity index (χ0n) is 7.84. The van der Waals surface area contributed by atoms with E-state index in [0.29, 0.717) is 5.13 Å². The number of nitrogens with zero attached hydrogens (tertiary/aromatic N) is 4. The minimum atomic E-state index is 0.509. The maximum Gasteiger partial charge on any atom is 0.236 e. The van der Waals surface area contributed by atoms with Crippen molar-refractivity contribution in [2.75, 3.05) is 5.73 Å². The first-order valence-corrected chi connectivity index (χ1v) is 5.92. The van der Waals surface area contributed by atoms with Crippen LogP contribution >= 0.6 is 22.7 Å². The molecule has 76 valence electrons. The molecule has 0 aromatic carbocycles. The summed E-state index contributed by atoms with van der Waals surface area (Å²) in [4.78, 5) is 3.03. The van der Waals surface area contributed by atoms with Gasteiger partial charge in [-0.25, -0.2) is 0 Å². The third kappa shape index (κ3) is 1.31. The molecule has 0 bridgehead atoms. The minimum Gasteiger partial charge on any atom is -0.374 e. The summed E-state index contributed by atoms with van der Waals surface area (Å²) in [5.41, 5.74) is 5.61. The highest BCUT2D eigenvalue weighted by Gasteiger charge is 2.13. The fourth-order valence-electron chi connectivity index (χ4n) is 1.34. The van der Waals surface area contributed by atoms with Gasteiger partial charge in [-0.2, -0.15) is 4.52 Å². The molecule has 0 radical (unpaired) electrons. The van der Waals surface area contributed by atoms with Gasteiger partial charge in [-0.05, 0) is 19.1 Å². The van der Waals surface area contributed by atoms with Gasteiger partial charge < -0.3 is 5.73 Å². The molecular formula is C8H7N5S2. The molecule has 3 aromatic rings. The maximum atomic E-state index is 5.61. The zero-order chi connectivity index (χ0) is 10.4. The summed E-state index contributed by atoms with van der Waals surface area (Å²) < 4.78 is 1.69. The normalized spacial score (nSPS) is 11.3. The molecule has 2 N–H and O–H groups in total. The average Bonchev–Trinajstić information content (AvgIpc) is 2.80. The van der Waals surface area contributed by atoms with Gasteiger partial charge in [-0.3, -0.25) is 0 Å². The summed E-state index contributed by atoms with van der Waals surface area (Å²) in [5, 5.41) is 12.8. The summed E-state index contributed by atoms with van der Waals surface area (Å²) >= 11 is 3.01. The second-order valence-electron chi connectivity index (χ2n) is 3.07. The van der Waals surface area contributed by atoms with Crippen molar-refractivity contribution in [1.29, 1.82) is 0 Å². The van der Waals surface area contributed by atoms with Crippen molar-refractivity contribution in [2.24, 2.45) is 0 Å². The van der Waals surface area contributed by atoms with Gasteiger partial charge in [-0.15, -0.1) is 26.6 Å². The molecule has 7 heteroatoms. The van der Waals surface area contributed by atoms with Gasteiger partial charge >= 0.3 is 0 Å². The van der Waals surface area contributed by atoms with E-state index >= 15 is 0 Å². The molecule has 5 nitrogen and oxygen atoms in total. The lowest BCUT2D eigenvalue weighted by molar-refractivity contribution is 0.976. The molecule has 0 aliphatic carbocycles. The van der Waals surface area contributed by atoms with E-state index in [2.05, 4.69) is 28.3 Å². The lowest BCUT2D eigenvalue weighted by Gasteiger charge is -1.89. The Bertz CT molecular complexity index is 620. The van der Waals surface area contributed by atoms with Crippen LogP contribution in [0.4, 0.5) is 5.13 Å². The van der Waals surface area contributed by atoms with Gasteiger partial charge in [-0.1, -0.05) is 11.3 Å². The quantitative estimate of drug-likeness (QED) is 0.700. The molecule has 0 saturated heterocycles. The molecule has 3 aromatic heterocycles. The fourth-order valence-corrected chi connectivity index (χ4v) is 2.78. The monoisotopic (exact) mass is 237 g/mol. The Hall–Kier alpha value is -1.47. The van der Waals surface area contributed by atoms with Crippen LogP contribution in [-0.2, 0) is 0 Å². The van der Waals surface area contributed by atoms with Crippen molar-refractivity contribution >= 4 is 32.8 Å². The van der Waals surface area contributed by atoms with Crippen LogP contribution in [0.25, 0.3) is 15.7 Å². The van der Waals surface area contributed by atoms with E-state index in [-0.39, 0.29) is 0 Å². The van der Waals surface area contributed by atoms with E-state index in [1.54, 1.807) is 15.9 Å². The number of aromatic nitrogens is 4. The number of nitrogens with two attached hydrogens (primary N) is 1. The second kappa shape index (κ2) is 3.01. The van der Waals surface area contributed by atoms with Gasteiger partial charge in [0.05, 0.1) is 4.88 Å². The van der Waals surface area contributed by atoms with Crippen LogP contribution in [0.1, 0.15) is 4.88 Å². The molecular weight excluding hydrogens is 230 g/mol. The lowest BCUT2D eigenvalue weighted by atomic mass is 10.4. The van der Waals surface area contributed by atoms with Crippen LogP contribution in [-0.4, -0.2) is 19.8 Å². The van der Waals surface area contributed by atoms with Gasteiger partial charge in [0.1, 0.15) is 0 Å². The van der Waals surface area contributed by atoms with Crippen molar-refractivity contribution in [3.05, 3.63) is 17.0 Å². The lowest BCUT2D eigenvalue weighted by Crippen LogP contribution is -1.90. The van der Waals surface area contributed by atoms with E-state index in [9.17, 15) is 0 Å². The first-order chi connectivity index (χ1) is 7.24. The Balaban J connectivity index is 2.26. The highest BCUT2D eigenvalue weighted by Crippen LogP contribution is 2.27. The van der Waals surface area contributed by atoms with Crippen LogP contribution in [0.15, 0.2) is 12.1 Å². The number of thiophene rings is 1. The van der Waals surface area contributed by atoms with Crippen molar-refractivity contribution in [1.82, 2.24) is 19.8 Å². The average molecular weight is 237 g/mol. The van der Waals surface area contributed by atoms with Crippen molar-refractivity contribution in [2.45, 2.75) is 6.92 Å². The molecule has 0 spiro atoms. The van der Waals surface area contributed by atoms with Gasteiger partial charge in [0, 0.05) is 4.88 Å². The summed E-state index contributed by atoms with van der Waals surface area (Å²) in [6, 6.07) is 4.07. The van der Waals surface area contributed by atoms with Gasteiger partial charge in [0.25, 0.3) is 0 Å². The van der Waals surface area contributed by atoms with Crippen LogP contribution < -0.4 is 5.73 Å². The van der Waals surface area contributed by atoms with Crippen molar-refractivity contribution in [3.63, 3.8) is 0 Å². The van der Waals surface area contributed by atoms with E-state index in [0.717, 1.165) is 15.7 Å². The number of hydrogen-bond acceptors (Lipinski definition) is 6. The van der Waals surface area contributed by atoms with E-state index in [1.807, 2.05) is 6.07 Å². The van der Waals surface area contributed by atoms with Crippen LogP contribution in [0.2, 0.25) is 0 Å². The topological polar surface area (TPSA) is 69.1 Å². The van der Waals surface area contributed by atoms with E-state index in [1.165, 1.54) is 16.2 Å². The van der Waals surface area contributed by atoms with Gasteiger partial charge in [0.2, 0.25) is 10.1 Å². The van der Waals surface area contributed by atoms with Gasteiger partial charge in [0.15, 0.2) is 5.82 Å². The highest BCUT2D eigenvalue weighted by atomic mass is 32.1. The van der Waals surface area contributed by atoms with E-state index < -0.39 is 0 Å². The minimum absolute atomic E-state index is 0.509. The number of nitrogen functional groups attached to an aromatic ring is 1. The zero-order valence-corrected chi connectivity index (χ0v) is 9.47. The molecule has 15 heavy (non-hydrogen) atoms. The number of rotatable bonds is 1. The number of hydrogen-bond donors (Lipinski definition) is 1. The van der Waals surface area contributed by atoms with Crippen LogP contribution in [0, 0.1) is 6.92 Å². The summed E-state index contributed by atoms with van der Waals surface area (Å²) in [6.45, 7) is 2.06. The van der Waals surface area contributed by atoms with Crippen LogP contribution in [0.5, 0.6) is 0 Å². The summed E-state index contributed by atoms with van der Waals surface area (Å²) in [7, 11) is 0. The third-order valence-electron chi connectivity index (χ3n) is 1.97. The molecule has 0 fully saturated rings. The molecule has 0 aliphatic rings. The highest BCUT2D eigenvalue weighted by molar-refractivity contribution is 7.20. The standard InChI is InChI=1S/C8H7N5S2/c1-4-2-3-5(14-4)6-10-11-8-13(6)12-7(9)15-8/h2-3H,1H3,(H2,9,12). The Morgan fingerprint density at radius 1 is 1.27 bits per heavy atom. The SMILES string of the molecule is Cc1ccc(-c2nnc3sc(N)nn23)s1. The number of fused-ring (bicyclic) bond motifs is 1. The number of aryl methyl sites for hydroxylation is 1. The Kier molecular flexibility index (Phi) is 1.77. The molecule has 0 saturated carbocycles. The fraction of sp³-hybridized carbons (Fsp3) is 0.125. The maximum absolute atomic E-state index is 5.61. The smallest absolute Gasteiger partial charge is 0.236 e. The Morgan fingerprint density at radius 3 is 2.87 bits per heavy atom. The Morgan fingerprint density at radius 2 is 2.13 bits per heavy atom. The Labute approximate surface area is 93.2 Å². The predicted octanol–water partition coefficient (Wildman–Crippen LogP) is 1.80. The molecule has 0 amide bonds. The van der Waals surface area contributed by atoms with Crippen molar-refractivity contribution < 1.29 is 0 Å². The van der Waals surface area contributed by atoms with Crippen LogP contribution in [0.3, 0.4) is 0 Å². The molecule has 3 rings (SSSR count).